The van der Waals surface area contributed by atoms with Gasteiger partial charge in [0.2, 0.25) is 0 Å². The summed E-state index contributed by atoms with van der Waals surface area (Å²) in [7, 11) is 0. The topological polar surface area (TPSA) is 70.8 Å². The van der Waals surface area contributed by atoms with Crippen LogP contribution in [-0.2, 0) is 6.54 Å². The molecular weight excluding hydrogens is 242 g/mol. The average molecular weight is 261 g/mol. The summed E-state index contributed by atoms with van der Waals surface area (Å²) in [5.41, 5.74) is 1.04. The van der Waals surface area contributed by atoms with Crippen molar-refractivity contribution in [1.82, 2.24) is 25.1 Å². The summed E-state index contributed by atoms with van der Waals surface area (Å²) >= 11 is 0. The lowest BCUT2D eigenvalue weighted by atomic mass is 10.1. The van der Waals surface area contributed by atoms with Gasteiger partial charge in [-0.2, -0.15) is 5.10 Å². The number of H-pyrrole nitrogens is 1. The monoisotopic (exact) mass is 261 g/mol. The molecule has 0 aromatic carbocycles. The molecule has 1 saturated heterocycles. The van der Waals surface area contributed by atoms with E-state index in [0.717, 1.165) is 36.8 Å². The van der Waals surface area contributed by atoms with E-state index in [1.807, 2.05) is 0 Å². The fourth-order valence-electron chi connectivity index (χ4n) is 2.76. The maximum atomic E-state index is 5.49. The number of hydrogen-bond donors (Lipinski definition) is 1. The normalized spacial score (nSPS) is 20.5. The summed E-state index contributed by atoms with van der Waals surface area (Å²) in [5.74, 6) is 2.30. The predicted octanol–water partition coefficient (Wildman–Crippen LogP) is 2.25. The van der Waals surface area contributed by atoms with Crippen LogP contribution in [0.2, 0.25) is 0 Å². The van der Waals surface area contributed by atoms with Gasteiger partial charge in [0.05, 0.1) is 11.7 Å². The molecule has 0 spiro atoms. The number of oxazole rings is 1. The average Bonchev–Trinajstić information content (AvgIpc) is 3.09. The van der Waals surface area contributed by atoms with Crippen molar-refractivity contribution in [2.45, 2.75) is 45.2 Å². The van der Waals surface area contributed by atoms with Gasteiger partial charge in [-0.25, -0.2) is 9.97 Å². The first-order chi connectivity index (χ1) is 9.25. The van der Waals surface area contributed by atoms with Crippen LogP contribution in [0.5, 0.6) is 0 Å². The Hall–Kier alpha value is -1.69. The molecule has 19 heavy (non-hydrogen) atoms. The molecule has 3 heterocycles. The second kappa shape index (κ2) is 5.13. The molecule has 1 aliphatic rings. The minimum Gasteiger partial charge on any atom is -0.448 e. The molecule has 0 unspecified atom stereocenters. The van der Waals surface area contributed by atoms with Crippen molar-refractivity contribution in [2.75, 3.05) is 6.54 Å². The van der Waals surface area contributed by atoms with E-state index < -0.39 is 0 Å². The first-order valence-corrected chi connectivity index (χ1v) is 6.77. The lowest BCUT2D eigenvalue weighted by Crippen LogP contribution is -2.24. The lowest BCUT2D eigenvalue weighted by molar-refractivity contribution is 0.235. The van der Waals surface area contributed by atoms with Crippen molar-refractivity contribution in [2.24, 2.45) is 0 Å². The van der Waals surface area contributed by atoms with Crippen LogP contribution in [0.25, 0.3) is 0 Å². The number of nitrogens with zero attached hydrogens (tertiary/aromatic N) is 4. The first-order valence-electron chi connectivity index (χ1n) is 6.77. The van der Waals surface area contributed by atoms with Crippen LogP contribution in [0.4, 0.5) is 0 Å². The summed E-state index contributed by atoms with van der Waals surface area (Å²) in [6.45, 7) is 6.13. The predicted molar refractivity (Wildman–Crippen MR) is 69.4 cm³/mol. The molecule has 0 radical (unpaired) electrons. The van der Waals surface area contributed by atoms with Gasteiger partial charge in [-0.1, -0.05) is 13.8 Å². The van der Waals surface area contributed by atoms with Gasteiger partial charge in [-0.3, -0.25) is 10.00 Å². The zero-order chi connectivity index (χ0) is 13.2. The molecule has 0 amide bonds. The Labute approximate surface area is 112 Å². The van der Waals surface area contributed by atoms with Gasteiger partial charge in [0.15, 0.2) is 6.39 Å². The van der Waals surface area contributed by atoms with E-state index in [9.17, 15) is 0 Å². The van der Waals surface area contributed by atoms with Crippen LogP contribution in [0.15, 0.2) is 17.1 Å². The molecule has 3 rings (SSSR count). The standard InChI is InChI=1S/C13H19N5O/c1-9(2)12-10(15-8-19-12)6-18-5-3-4-11(18)13-14-7-16-17-13/h7-9,11H,3-6H2,1-2H3,(H,14,16,17)/t11-/m0/s1. The third-order valence-electron chi connectivity index (χ3n) is 3.66. The van der Waals surface area contributed by atoms with E-state index >= 15 is 0 Å². The maximum Gasteiger partial charge on any atom is 0.181 e. The van der Waals surface area contributed by atoms with Crippen LogP contribution in [0, 0.1) is 0 Å². The summed E-state index contributed by atoms with van der Waals surface area (Å²) in [6, 6.07) is 0.319. The first kappa shape index (κ1) is 12.3. The molecule has 1 fully saturated rings. The summed E-state index contributed by atoms with van der Waals surface area (Å²) in [4.78, 5) is 11.0. The third kappa shape index (κ3) is 2.40. The Morgan fingerprint density at radius 3 is 3.11 bits per heavy atom. The van der Waals surface area contributed by atoms with Crippen LogP contribution in [-0.4, -0.2) is 31.6 Å². The summed E-state index contributed by atoms with van der Waals surface area (Å²) < 4.78 is 5.49. The fraction of sp³-hybridized carbons (Fsp3) is 0.615. The van der Waals surface area contributed by atoms with Crippen LogP contribution < -0.4 is 0 Å². The van der Waals surface area contributed by atoms with Gasteiger partial charge < -0.3 is 4.42 Å². The fourth-order valence-corrected chi connectivity index (χ4v) is 2.76. The minimum atomic E-state index is 0.319. The van der Waals surface area contributed by atoms with Crippen molar-refractivity contribution in [3.8, 4) is 0 Å². The Morgan fingerprint density at radius 1 is 1.47 bits per heavy atom. The molecule has 1 atom stereocenters. The number of aromatic amines is 1. The second-order valence-corrected chi connectivity index (χ2v) is 5.32. The van der Waals surface area contributed by atoms with Crippen molar-refractivity contribution in [3.05, 3.63) is 30.0 Å². The number of likely N-dealkylation sites (tertiary alicyclic amines) is 1. The Morgan fingerprint density at radius 2 is 2.37 bits per heavy atom. The van der Waals surface area contributed by atoms with E-state index in [1.165, 1.54) is 6.42 Å². The van der Waals surface area contributed by atoms with Gasteiger partial charge in [0.25, 0.3) is 0 Å². The smallest absolute Gasteiger partial charge is 0.181 e. The van der Waals surface area contributed by atoms with Crippen LogP contribution in [0.3, 0.4) is 0 Å². The Bertz CT molecular complexity index is 519. The summed E-state index contributed by atoms with van der Waals surface area (Å²) in [5, 5.41) is 6.93. The molecule has 0 aliphatic carbocycles. The molecule has 1 N–H and O–H groups in total. The van der Waals surface area contributed by atoms with E-state index in [-0.39, 0.29) is 0 Å². The highest BCUT2D eigenvalue weighted by Crippen LogP contribution is 2.32. The Balaban J connectivity index is 1.77. The van der Waals surface area contributed by atoms with Crippen LogP contribution >= 0.6 is 0 Å². The van der Waals surface area contributed by atoms with Crippen molar-refractivity contribution < 1.29 is 4.42 Å². The third-order valence-corrected chi connectivity index (χ3v) is 3.66. The van der Waals surface area contributed by atoms with E-state index in [0.29, 0.717) is 12.0 Å². The van der Waals surface area contributed by atoms with Gasteiger partial charge in [-0.05, 0) is 19.4 Å². The number of rotatable bonds is 4. The SMILES string of the molecule is CC(C)c1ocnc1CN1CCC[C@H]1c1ncn[nH]1. The van der Waals surface area contributed by atoms with Gasteiger partial charge in [0.1, 0.15) is 17.9 Å². The van der Waals surface area contributed by atoms with Gasteiger partial charge in [0, 0.05) is 12.5 Å². The molecule has 0 saturated carbocycles. The largest absolute Gasteiger partial charge is 0.448 e. The Kier molecular flexibility index (Phi) is 3.33. The molecule has 0 bridgehead atoms. The zero-order valence-electron chi connectivity index (χ0n) is 11.3. The highest BCUT2D eigenvalue weighted by molar-refractivity contribution is 5.12. The number of aromatic nitrogens is 4. The highest BCUT2D eigenvalue weighted by atomic mass is 16.3. The second-order valence-electron chi connectivity index (χ2n) is 5.32. The summed E-state index contributed by atoms with van der Waals surface area (Å²) in [6.07, 6.45) is 5.41. The van der Waals surface area contributed by atoms with E-state index in [4.69, 9.17) is 4.42 Å². The molecule has 2 aromatic rings. The van der Waals surface area contributed by atoms with E-state index in [1.54, 1.807) is 12.7 Å². The molecule has 1 aliphatic heterocycles. The van der Waals surface area contributed by atoms with Crippen molar-refractivity contribution in [1.29, 1.82) is 0 Å². The number of hydrogen-bond acceptors (Lipinski definition) is 5. The molecule has 6 heteroatoms. The molecular formula is C13H19N5O. The van der Waals surface area contributed by atoms with Gasteiger partial charge >= 0.3 is 0 Å². The zero-order valence-corrected chi connectivity index (χ0v) is 11.3. The minimum absolute atomic E-state index is 0.319. The number of nitrogens with one attached hydrogen (secondary N) is 1. The van der Waals surface area contributed by atoms with Gasteiger partial charge in [-0.15, -0.1) is 0 Å². The molecule has 6 nitrogen and oxygen atoms in total. The van der Waals surface area contributed by atoms with E-state index in [2.05, 4.69) is 38.9 Å². The maximum absolute atomic E-state index is 5.49. The van der Waals surface area contributed by atoms with Crippen LogP contribution in [0.1, 0.15) is 55.9 Å². The molecule has 102 valence electrons. The van der Waals surface area contributed by atoms with Crippen molar-refractivity contribution >= 4 is 0 Å². The van der Waals surface area contributed by atoms with Crippen molar-refractivity contribution in [3.63, 3.8) is 0 Å². The highest BCUT2D eigenvalue weighted by Gasteiger charge is 2.29. The quantitative estimate of drug-likeness (QED) is 0.914. The molecule has 2 aromatic heterocycles. The lowest BCUT2D eigenvalue weighted by Gasteiger charge is -2.22.